The number of piperidine rings is 1. The molecule has 1 N–H and O–H groups in total. The number of hydrogen-bond acceptors (Lipinski definition) is 5. The Labute approximate surface area is 221 Å². The summed E-state index contributed by atoms with van der Waals surface area (Å²) in [6.07, 6.45) is -4.08. The molecule has 1 saturated heterocycles. The van der Waals surface area contributed by atoms with Gasteiger partial charge in [-0.1, -0.05) is 0 Å². The van der Waals surface area contributed by atoms with Gasteiger partial charge in [-0.25, -0.2) is 18.6 Å². The van der Waals surface area contributed by atoms with Crippen LogP contribution in [0.15, 0.2) is 53.3 Å². The highest BCUT2D eigenvalue weighted by Crippen LogP contribution is 2.31. The number of hydrogen-bond donors (Lipinski definition) is 1. The molecule has 0 radical (unpaired) electrons. The van der Waals surface area contributed by atoms with Crippen molar-refractivity contribution in [2.45, 2.75) is 51.4 Å². The summed E-state index contributed by atoms with van der Waals surface area (Å²) in [6.45, 7) is 6.09. The van der Waals surface area contributed by atoms with E-state index in [1.807, 2.05) is 0 Å². The van der Waals surface area contributed by atoms with Crippen molar-refractivity contribution in [2.75, 3.05) is 18.0 Å². The number of anilines is 1. The fraction of sp³-hybridized carbons (Fsp3) is 0.370. The number of nitrogens with one attached hydrogen (secondary N) is 1. The molecule has 2 heterocycles. The third kappa shape index (κ3) is 6.73. The molecule has 1 aromatic heterocycles. The van der Waals surface area contributed by atoms with Crippen molar-refractivity contribution >= 4 is 11.9 Å². The molecule has 2 aromatic carbocycles. The average Bonchev–Trinajstić information content (AvgIpc) is 2.82. The van der Waals surface area contributed by atoms with Crippen molar-refractivity contribution in [3.63, 3.8) is 0 Å². The van der Waals surface area contributed by atoms with Gasteiger partial charge in [0.15, 0.2) is 5.82 Å². The summed E-state index contributed by atoms with van der Waals surface area (Å²) in [4.78, 5) is 31.7. The Morgan fingerprint density at radius 1 is 1.00 bits per heavy atom. The molecule has 0 spiro atoms. The van der Waals surface area contributed by atoms with Crippen molar-refractivity contribution in [1.82, 2.24) is 14.9 Å². The average molecular weight is 551 g/mol. The molecular weight excluding hydrogens is 523 g/mol. The summed E-state index contributed by atoms with van der Waals surface area (Å²) in [5.74, 6) is -1.79. The van der Waals surface area contributed by atoms with Gasteiger partial charge in [0.25, 0.3) is 5.56 Å². The second-order valence-corrected chi connectivity index (χ2v) is 10.2. The van der Waals surface area contributed by atoms with Gasteiger partial charge in [-0.05, 0) is 70.0 Å². The summed E-state index contributed by atoms with van der Waals surface area (Å²) in [5.41, 5.74) is -2.38. The zero-order chi connectivity index (χ0) is 28.5. The summed E-state index contributed by atoms with van der Waals surface area (Å²) in [7, 11) is 0. The highest BCUT2D eigenvalue weighted by molar-refractivity contribution is 5.68. The molecule has 12 heteroatoms. The van der Waals surface area contributed by atoms with Gasteiger partial charge in [0.1, 0.15) is 23.1 Å². The van der Waals surface area contributed by atoms with Gasteiger partial charge >= 0.3 is 12.3 Å². The number of rotatable bonds is 4. The molecule has 3 aromatic rings. The standard InChI is InChI=1S/C27H27F5N4O3/c1-26(2,3)39-25(38)33-18-10-12-35(13-11-18)22-15-23(37)36(19-7-4-16(5-8-19)27(30,31)32)24(34-22)20-9-6-17(28)14-21(20)29/h4-9,14-15,18H,10-13H2,1-3H3,(H,33,38). The summed E-state index contributed by atoms with van der Waals surface area (Å²) < 4.78 is 73.9. The van der Waals surface area contributed by atoms with Crippen molar-refractivity contribution in [3.8, 4) is 17.1 Å². The summed E-state index contributed by atoms with van der Waals surface area (Å²) >= 11 is 0. The maximum Gasteiger partial charge on any atom is 0.416 e. The zero-order valence-electron chi connectivity index (χ0n) is 21.5. The van der Waals surface area contributed by atoms with Crippen LogP contribution in [-0.4, -0.2) is 40.4 Å². The lowest BCUT2D eigenvalue weighted by Crippen LogP contribution is -2.46. The van der Waals surface area contributed by atoms with Crippen LogP contribution in [0.2, 0.25) is 0 Å². The lowest BCUT2D eigenvalue weighted by molar-refractivity contribution is -0.137. The molecule has 0 unspecified atom stereocenters. The first-order valence-corrected chi connectivity index (χ1v) is 12.2. The Bertz CT molecular complexity index is 1410. The molecule has 7 nitrogen and oxygen atoms in total. The van der Waals surface area contributed by atoms with Crippen LogP contribution in [0.3, 0.4) is 0 Å². The van der Waals surface area contributed by atoms with Crippen molar-refractivity contribution < 1.29 is 31.5 Å². The van der Waals surface area contributed by atoms with Gasteiger partial charge in [-0.2, -0.15) is 13.2 Å². The number of benzene rings is 2. The molecule has 0 saturated carbocycles. The van der Waals surface area contributed by atoms with Crippen LogP contribution < -0.4 is 15.8 Å². The molecule has 0 aliphatic carbocycles. The SMILES string of the molecule is CC(C)(C)OC(=O)NC1CCN(c2cc(=O)n(-c3ccc(C(F)(F)F)cc3)c(-c3ccc(F)cc3F)n2)CC1. The van der Waals surface area contributed by atoms with E-state index in [9.17, 15) is 31.5 Å². The van der Waals surface area contributed by atoms with Crippen LogP contribution >= 0.6 is 0 Å². The Morgan fingerprint density at radius 3 is 2.21 bits per heavy atom. The number of halogens is 5. The van der Waals surface area contributed by atoms with Gasteiger partial charge in [0.05, 0.1) is 16.8 Å². The quantitative estimate of drug-likeness (QED) is 0.423. The molecule has 0 bridgehead atoms. The van der Waals surface area contributed by atoms with E-state index >= 15 is 0 Å². The Balaban J connectivity index is 1.66. The first-order chi connectivity index (χ1) is 18.2. The van der Waals surface area contributed by atoms with E-state index in [0.717, 1.165) is 41.0 Å². The van der Waals surface area contributed by atoms with E-state index in [4.69, 9.17) is 4.74 Å². The summed E-state index contributed by atoms with van der Waals surface area (Å²) in [6, 6.07) is 7.59. The predicted octanol–water partition coefficient (Wildman–Crippen LogP) is 5.69. The molecule has 1 aliphatic rings. The largest absolute Gasteiger partial charge is 0.444 e. The van der Waals surface area contributed by atoms with Gasteiger partial charge in [0.2, 0.25) is 0 Å². The third-order valence-electron chi connectivity index (χ3n) is 6.07. The van der Waals surface area contributed by atoms with E-state index in [-0.39, 0.29) is 28.9 Å². The maximum atomic E-state index is 14.8. The van der Waals surface area contributed by atoms with Crippen LogP contribution in [0.5, 0.6) is 0 Å². The highest BCUT2D eigenvalue weighted by Gasteiger charge is 2.30. The number of aromatic nitrogens is 2. The first-order valence-electron chi connectivity index (χ1n) is 12.2. The minimum atomic E-state index is -4.58. The van der Waals surface area contributed by atoms with Crippen LogP contribution in [-0.2, 0) is 10.9 Å². The minimum Gasteiger partial charge on any atom is -0.444 e. The van der Waals surface area contributed by atoms with Crippen LogP contribution in [0.25, 0.3) is 17.1 Å². The third-order valence-corrected chi connectivity index (χ3v) is 6.07. The van der Waals surface area contributed by atoms with Gasteiger partial charge in [-0.3, -0.25) is 9.36 Å². The Kier molecular flexibility index (Phi) is 7.67. The van der Waals surface area contributed by atoms with E-state index in [1.165, 1.54) is 6.07 Å². The van der Waals surface area contributed by atoms with Crippen molar-refractivity contribution in [3.05, 3.63) is 76.1 Å². The number of amides is 1. The van der Waals surface area contributed by atoms with E-state index in [1.54, 1.807) is 25.7 Å². The second-order valence-electron chi connectivity index (χ2n) is 10.2. The monoisotopic (exact) mass is 550 g/mol. The molecule has 208 valence electrons. The molecule has 0 atom stereocenters. The lowest BCUT2D eigenvalue weighted by Gasteiger charge is -2.33. The predicted molar refractivity (Wildman–Crippen MR) is 135 cm³/mol. The Hall–Kier alpha value is -3.96. The van der Waals surface area contributed by atoms with E-state index < -0.39 is 40.6 Å². The van der Waals surface area contributed by atoms with Crippen LogP contribution in [0.1, 0.15) is 39.2 Å². The molecule has 4 rings (SSSR count). The van der Waals surface area contributed by atoms with Gasteiger partial charge < -0.3 is 15.0 Å². The lowest BCUT2D eigenvalue weighted by atomic mass is 10.1. The first kappa shape index (κ1) is 28.1. The molecule has 1 amide bonds. The summed E-state index contributed by atoms with van der Waals surface area (Å²) in [5, 5.41) is 2.82. The van der Waals surface area contributed by atoms with E-state index in [2.05, 4.69) is 10.3 Å². The number of alkyl halides is 3. The molecule has 39 heavy (non-hydrogen) atoms. The number of carbonyl (C=O) groups is 1. The minimum absolute atomic E-state index is 0.0334. The molecular formula is C27H27F5N4O3. The topological polar surface area (TPSA) is 76.5 Å². The number of carbonyl (C=O) groups excluding carboxylic acids is 1. The number of alkyl carbamates (subject to hydrolysis) is 1. The zero-order valence-corrected chi connectivity index (χ0v) is 21.5. The maximum absolute atomic E-state index is 14.8. The smallest absolute Gasteiger partial charge is 0.416 e. The van der Waals surface area contributed by atoms with Gasteiger partial charge in [-0.15, -0.1) is 0 Å². The second kappa shape index (κ2) is 10.7. The van der Waals surface area contributed by atoms with Crippen molar-refractivity contribution in [1.29, 1.82) is 0 Å². The number of nitrogens with zero attached hydrogens (tertiary/aromatic N) is 3. The van der Waals surface area contributed by atoms with Gasteiger partial charge in [0, 0.05) is 31.3 Å². The Morgan fingerprint density at radius 2 is 1.64 bits per heavy atom. The normalized spacial score (nSPS) is 14.8. The van der Waals surface area contributed by atoms with E-state index in [0.29, 0.717) is 32.0 Å². The highest BCUT2D eigenvalue weighted by atomic mass is 19.4. The fourth-order valence-corrected chi connectivity index (χ4v) is 4.26. The van der Waals surface area contributed by atoms with Crippen molar-refractivity contribution in [2.24, 2.45) is 0 Å². The van der Waals surface area contributed by atoms with Crippen LogP contribution in [0, 0.1) is 11.6 Å². The molecule has 1 fully saturated rings. The number of ether oxygens (including phenoxy) is 1. The molecule has 1 aliphatic heterocycles. The van der Waals surface area contributed by atoms with Crippen LogP contribution in [0.4, 0.5) is 32.6 Å². The fourth-order valence-electron chi connectivity index (χ4n) is 4.26.